The zero-order valence-electron chi connectivity index (χ0n) is 9.97. The van der Waals surface area contributed by atoms with Gasteiger partial charge in [-0.25, -0.2) is 0 Å². The minimum Gasteiger partial charge on any atom is -0.506 e. The summed E-state index contributed by atoms with van der Waals surface area (Å²) in [7, 11) is 1.63. The van der Waals surface area contributed by atoms with Crippen molar-refractivity contribution < 1.29 is 9.84 Å². The Morgan fingerprint density at radius 1 is 1.35 bits per heavy atom. The maximum atomic E-state index is 9.86. The molecule has 1 heterocycles. The second-order valence-electron chi connectivity index (χ2n) is 3.85. The number of hydrogen-bond donors (Lipinski definition) is 1. The molecular formula is C14H15NO2. The van der Waals surface area contributed by atoms with Crippen LogP contribution in [0.2, 0.25) is 0 Å². The molecule has 0 atom stereocenters. The first-order valence-corrected chi connectivity index (χ1v) is 5.34. The molecule has 1 aliphatic rings. The molecule has 1 aromatic rings. The maximum Gasteiger partial charge on any atom is 0.141 e. The van der Waals surface area contributed by atoms with Crippen molar-refractivity contribution in [3.05, 3.63) is 60.1 Å². The normalized spacial score (nSPS) is 15.4. The van der Waals surface area contributed by atoms with Crippen LogP contribution in [0.3, 0.4) is 0 Å². The van der Waals surface area contributed by atoms with Gasteiger partial charge < -0.3 is 14.7 Å². The summed E-state index contributed by atoms with van der Waals surface area (Å²) >= 11 is 0. The number of aliphatic hydroxyl groups excluding tert-OH is 1. The van der Waals surface area contributed by atoms with Gasteiger partial charge in [-0.15, -0.1) is 0 Å². The summed E-state index contributed by atoms with van der Waals surface area (Å²) in [6.45, 7) is 5.61. The number of anilines is 1. The molecule has 0 spiro atoms. The highest BCUT2D eigenvalue weighted by Gasteiger charge is 2.16. The maximum absolute atomic E-state index is 9.86. The quantitative estimate of drug-likeness (QED) is 0.843. The third kappa shape index (κ3) is 2.04. The number of allylic oxidation sites excluding steroid dienone is 2. The molecule has 1 aliphatic heterocycles. The molecular weight excluding hydrogens is 214 g/mol. The van der Waals surface area contributed by atoms with Crippen molar-refractivity contribution in [2.75, 3.05) is 12.0 Å². The van der Waals surface area contributed by atoms with E-state index in [2.05, 4.69) is 6.58 Å². The Morgan fingerprint density at radius 3 is 2.82 bits per heavy atom. The molecule has 3 nitrogen and oxygen atoms in total. The zero-order valence-corrected chi connectivity index (χ0v) is 9.97. The monoisotopic (exact) mass is 229 g/mol. The van der Waals surface area contributed by atoms with Gasteiger partial charge in [0.05, 0.1) is 12.8 Å². The fourth-order valence-corrected chi connectivity index (χ4v) is 1.74. The molecule has 17 heavy (non-hydrogen) atoms. The highest BCUT2D eigenvalue weighted by atomic mass is 16.5. The van der Waals surface area contributed by atoms with Crippen molar-refractivity contribution >= 4 is 5.69 Å². The van der Waals surface area contributed by atoms with Crippen LogP contribution >= 0.6 is 0 Å². The van der Waals surface area contributed by atoms with E-state index < -0.39 is 0 Å². The molecule has 1 aromatic carbocycles. The Bertz CT molecular complexity index is 515. The van der Waals surface area contributed by atoms with Gasteiger partial charge in [0, 0.05) is 23.5 Å². The highest BCUT2D eigenvalue weighted by molar-refractivity contribution is 5.62. The average molecular weight is 229 g/mol. The molecule has 0 aromatic heterocycles. The van der Waals surface area contributed by atoms with Crippen LogP contribution in [0.4, 0.5) is 5.69 Å². The number of hydrogen-bond acceptors (Lipinski definition) is 3. The molecule has 0 aliphatic carbocycles. The Labute approximate surface area is 101 Å². The van der Waals surface area contributed by atoms with Crippen LogP contribution in [0.5, 0.6) is 5.75 Å². The SMILES string of the molecule is C=C1C=CN(c2cccc(OC)c2)C(C)=C1O. The summed E-state index contributed by atoms with van der Waals surface area (Å²) in [6, 6.07) is 7.66. The first-order chi connectivity index (χ1) is 8.13. The Balaban J connectivity index is 2.41. The topological polar surface area (TPSA) is 32.7 Å². The predicted octanol–water partition coefficient (Wildman–Crippen LogP) is 3.37. The second-order valence-corrected chi connectivity index (χ2v) is 3.85. The van der Waals surface area contributed by atoms with E-state index in [-0.39, 0.29) is 5.76 Å². The van der Waals surface area contributed by atoms with Gasteiger partial charge in [0.25, 0.3) is 0 Å². The lowest BCUT2D eigenvalue weighted by Gasteiger charge is -2.26. The Hall–Kier alpha value is -2.16. The van der Waals surface area contributed by atoms with Crippen LogP contribution in [0.15, 0.2) is 60.1 Å². The van der Waals surface area contributed by atoms with Crippen LogP contribution in [-0.2, 0) is 0 Å². The summed E-state index contributed by atoms with van der Waals surface area (Å²) in [5.74, 6) is 1.00. The Morgan fingerprint density at radius 2 is 2.12 bits per heavy atom. The summed E-state index contributed by atoms with van der Waals surface area (Å²) < 4.78 is 5.18. The lowest BCUT2D eigenvalue weighted by molar-refractivity contribution is 0.413. The molecule has 1 N–H and O–H groups in total. The van der Waals surface area contributed by atoms with E-state index in [9.17, 15) is 5.11 Å². The Kier molecular flexibility index (Phi) is 2.91. The second kappa shape index (κ2) is 4.37. The van der Waals surface area contributed by atoms with Gasteiger partial charge in [0.15, 0.2) is 0 Å². The largest absolute Gasteiger partial charge is 0.506 e. The number of ether oxygens (including phenoxy) is 1. The van der Waals surface area contributed by atoms with E-state index in [0.717, 1.165) is 17.1 Å². The smallest absolute Gasteiger partial charge is 0.141 e. The molecule has 88 valence electrons. The van der Waals surface area contributed by atoms with Crippen molar-refractivity contribution in [3.63, 3.8) is 0 Å². The van der Waals surface area contributed by atoms with Crippen molar-refractivity contribution in [1.29, 1.82) is 0 Å². The van der Waals surface area contributed by atoms with E-state index in [4.69, 9.17) is 4.74 Å². The molecule has 0 unspecified atom stereocenters. The zero-order chi connectivity index (χ0) is 12.4. The molecule has 0 amide bonds. The summed E-state index contributed by atoms with van der Waals surface area (Å²) in [5.41, 5.74) is 2.32. The average Bonchev–Trinajstić information content (AvgIpc) is 2.36. The van der Waals surface area contributed by atoms with E-state index in [1.54, 1.807) is 13.2 Å². The lowest BCUT2D eigenvalue weighted by Crippen LogP contribution is -2.18. The van der Waals surface area contributed by atoms with Crippen LogP contribution in [-0.4, -0.2) is 12.2 Å². The van der Waals surface area contributed by atoms with Gasteiger partial charge in [-0.05, 0) is 25.1 Å². The van der Waals surface area contributed by atoms with E-state index >= 15 is 0 Å². The van der Waals surface area contributed by atoms with Crippen LogP contribution < -0.4 is 9.64 Å². The number of aliphatic hydroxyl groups is 1. The summed E-state index contributed by atoms with van der Waals surface area (Å²) in [4.78, 5) is 1.90. The van der Waals surface area contributed by atoms with Gasteiger partial charge in [-0.1, -0.05) is 12.6 Å². The van der Waals surface area contributed by atoms with Gasteiger partial charge in [-0.3, -0.25) is 0 Å². The molecule has 2 rings (SSSR count). The minimum atomic E-state index is 0.218. The van der Waals surface area contributed by atoms with E-state index in [0.29, 0.717) is 5.57 Å². The number of rotatable bonds is 2. The molecule has 0 saturated carbocycles. The molecule has 0 bridgehead atoms. The third-order valence-electron chi connectivity index (χ3n) is 2.76. The minimum absolute atomic E-state index is 0.218. The van der Waals surface area contributed by atoms with Crippen LogP contribution in [0.25, 0.3) is 0 Å². The predicted molar refractivity (Wildman–Crippen MR) is 69.1 cm³/mol. The fraction of sp³-hybridized carbons (Fsp3) is 0.143. The van der Waals surface area contributed by atoms with E-state index in [1.807, 2.05) is 42.3 Å². The first kappa shape index (κ1) is 11.3. The van der Waals surface area contributed by atoms with Crippen molar-refractivity contribution in [1.82, 2.24) is 0 Å². The van der Waals surface area contributed by atoms with Crippen LogP contribution in [0.1, 0.15) is 6.92 Å². The lowest BCUT2D eigenvalue weighted by atomic mass is 10.1. The number of benzene rings is 1. The first-order valence-electron chi connectivity index (χ1n) is 5.34. The standard InChI is InChI=1S/C14H15NO2/c1-10-7-8-15(11(2)14(10)16)12-5-4-6-13(9-12)17-3/h4-9,16H,1H2,2-3H3. The molecule has 0 fully saturated rings. The molecule has 0 saturated heterocycles. The fourth-order valence-electron chi connectivity index (χ4n) is 1.74. The highest BCUT2D eigenvalue weighted by Crippen LogP contribution is 2.29. The van der Waals surface area contributed by atoms with Gasteiger partial charge in [0.2, 0.25) is 0 Å². The van der Waals surface area contributed by atoms with Gasteiger partial charge >= 0.3 is 0 Å². The molecule has 3 heteroatoms. The van der Waals surface area contributed by atoms with Crippen molar-refractivity contribution in [2.24, 2.45) is 0 Å². The third-order valence-corrected chi connectivity index (χ3v) is 2.76. The van der Waals surface area contributed by atoms with E-state index in [1.165, 1.54) is 0 Å². The molecule has 0 radical (unpaired) electrons. The number of nitrogens with zero attached hydrogens (tertiary/aromatic N) is 1. The summed E-state index contributed by atoms with van der Waals surface area (Å²) in [6.07, 6.45) is 3.66. The van der Waals surface area contributed by atoms with Gasteiger partial charge in [0.1, 0.15) is 11.5 Å². The van der Waals surface area contributed by atoms with Crippen molar-refractivity contribution in [2.45, 2.75) is 6.92 Å². The number of methoxy groups -OCH3 is 1. The summed E-state index contributed by atoms with van der Waals surface area (Å²) in [5, 5.41) is 9.86. The van der Waals surface area contributed by atoms with Crippen molar-refractivity contribution in [3.8, 4) is 5.75 Å². The van der Waals surface area contributed by atoms with Crippen LogP contribution in [0, 0.1) is 0 Å². The van der Waals surface area contributed by atoms with Gasteiger partial charge in [-0.2, -0.15) is 0 Å².